The van der Waals surface area contributed by atoms with Crippen LogP contribution in [0.1, 0.15) is 53.1 Å². The third-order valence-corrected chi connectivity index (χ3v) is 4.39. The molecule has 0 saturated heterocycles. The van der Waals surface area contributed by atoms with E-state index < -0.39 is 0 Å². The van der Waals surface area contributed by atoms with E-state index >= 15 is 0 Å². The number of rotatable bonds is 6. The lowest BCUT2D eigenvalue weighted by molar-refractivity contribution is 0.101. The van der Waals surface area contributed by atoms with E-state index in [0.29, 0.717) is 17.2 Å². The number of aromatic nitrogens is 1. The molecule has 0 aliphatic carbocycles. The van der Waals surface area contributed by atoms with Gasteiger partial charge in [0, 0.05) is 28.8 Å². The summed E-state index contributed by atoms with van der Waals surface area (Å²) in [6.45, 7) is 5.78. The van der Waals surface area contributed by atoms with E-state index in [4.69, 9.17) is 0 Å². The molecule has 1 amide bonds. The van der Waals surface area contributed by atoms with Crippen LogP contribution in [0, 0.1) is 0 Å². The van der Waals surface area contributed by atoms with Gasteiger partial charge in [-0.1, -0.05) is 38.1 Å². The SMILES string of the molecule is CC(=O)c1cccc(Nc2ccnc(C(=O)Nc3ccc(C(C)C)cc3)c2)c1. The number of hydrogen-bond acceptors (Lipinski definition) is 4. The third-order valence-electron chi connectivity index (χ3n) is 4.39. The normalized spacial score (nSPS) is 10.6. The molecule has 0 saturated carbocycles. The summed E-state index contributed by atoms with van der Waals surface area (Å²) in [5.41, 5.74) is 4.37. The summed E-state index contributed by atoms with van der Waals surface area (Å²) in [6.07, 6.45) is 1.58. The number of Topliss-reactive ketones (excluding diaryl/α,β-unsaturated/α-hetero) is 1. The van der Waals surface area contributed by atoms with Gasteiger partial charge in [0.15, 0.2) is 5.78 Å². The van der Waals surface area contributed by atoms with Crippen LogP contribution in [0.3, 0.4) is 0 Å². The Bertz CT molecular complexity index is 995. The van der Waals surface area contributed by atoms with Crippen molar-refractivity contribution < 1.29 is 9.59 Å². The summed E-state index contributed by atoms with van der Waals surface area (Å²) in [7, 11) is 0. The van der Waals surface area contributed by atoms with E-state index in [2.05, 4.69) is 29.5 Å². The zero-order valence-electron chi connectivity index (χ0n) is 16.2. The van der Waals surface area contributed by atoms with E-state index in [-0.39, 0.29) is 11.7 Å². The molecule has 0 aliphatic rings. The monoisotopic (exact) mass is 373 g/mol. The Morgan fingerprint density at radius 3 is 2.29 bits per heavy atom. The quantitative estimate of drug-likeness (QED) is 0.567. The molecule has 0 aliphatic heterocycles. The molecular formula is C23H23N3O2. The molecule has 1 aromatic heterocycles. The van der Waals surface area contributed by atoms with Crippen LogP contribution in [-0.4, -0.2) is 16.7 Å². The van der Waals surface area contributed by atoms with E-state index in [1.54, 1.807) is 30.5 Å². The van der Waals surface area contributed by atoms with E-state index in [1.165, 1.54) is 12.5 Å². The number of hydrogen-bond donors (Lipinski definition) is 2. The van der Waals surface area contributed by atoms with Crippen molar-refractivity contribution in [2.75, 3.05) is 10.6 Å². The van der Waals surface area contributed by atoms with Gasteiger partial charge >= 0.3 is 0 Å². The highest BCUT2D eigenvalue weighted by Gasteiger charge is 2.10. The summed E-state index contributed by atoms with van der Waals surface area (Å²) < 4.78 is 0. The van der Waals surface area contributed by atoms with Crippen LogP contribution in [0.25, 0.3) is 0 Å². The van der Waals surface area contributed by atoms with Crippen molar-refractivity contribution in [3.63, 3.8) is 0 Å². The zero-order valence-corrected chi connectivity index (χ0v) is 16.2. The minimum atomic E-state index is -0.279. The third kappa shape index (κ3) is 4.82. The molecule has 3 aromatic rings. The molecule has 0 fully saturated rings. The summed E-state index contributed by atoms with van der Waals surface area (Å²) >= 11 is 0. The smallest absolute Gasteiger partial charge is 0.274 e. The average molecular weight is 373 g/mol. The number of amides is 1. The summed E-state index contributed by atoms with van der Waals surface area (Å²) in [4.78, 5) is 28.2. The van der Waals surface area contributed by atoms with Crippen LogP contribution in [0.2, 0.25) is 0 Å². The largest absolute Gasteiger partial charge is 0.355 e. The molecular weight excluding hydrogens is 350 g/mol. The molecule has 28 heavy (non-hydrogen) atoms. The fraction of sp³-hybridized carbons (Fsp3) is 0.174. The second kappa shape index (κ2) is 8.48. The maximum atomic E-state index is 12.5. The van der Waals surface area contributed by atoms with Gasteiger partial charge < -0.3 is 10.6 Å². The maximum Gasteiger partial charge on any atom is 0.274 e. The highest BCUT2D eigenvalue weighted by Crippen LogP contribution is 2.20. The predicted octanol–water partition coefficient (Wildman–Crippen LogP) is 5.40. The summed E-state index contributed by atoms with van der Waals surface area (Å²) in [5, 5.41) is 6.07. The van der Waals surface area contributed by atoms with Gasteiger partial charge in [-0.3, -0.25) is 14.6 Å². The highest BCUT2D eigenvalue weighted by molar-refractivity contribution is 6.03. The molecule has 0 bridgehead atoms. The predicted molar refractivity (Wildman–Crippen MR) is 112 cm³/mol. The first-order valence-electron chi connectivity index (χ1n) is 9.18. The van der Waals surface area contributed by atoms with Crippen LogP contribution in [0.15, 0.2) is 66.9 Å². The second-order valence-electron chi connectivity index (χ2n) is 6.92. The van der Waals surface area contributed by atoms with Crippen molar-refractivity contribution in [3.05, 3.63) is 83.7 Å². The lowest BCUT2D eigenvalue weighted by Crippen LogP contribution is -2.13. The van der Waals surface area contributed by atoms with E-state index in [9.17, 15) is 9.59 Å². The average Bonchev–Trinajstić information content (AvgIpc) is 2.69. The Kier molecular flexibility index (Phi) is 5.84. The standard InChI is InChI=1S/C23H23N3O2/c1-15(2)17-7-9-19(10-8-17)26-23(28)22-14-21(11-12-24-22)25-20-6-4-5-18(13-20)16(3)27/h4-15H,1-3H3,(H,24,25)(H,26,28). The Morgan fingerprint density at radius 2 is 1.61 bits per heavy atom. The van der Waals surface area contributed by atoms with Crippen LogP contribution >= 0.6 is 0 Å². The molecule has 1 heterocycles. The molecule has 2 N–H and O–H groups in total. The molecule has 0 atom stereocenters. The number of nitrogens with one attached hydrogen (secondary N) is 2. The number of benzene rings is 2. The van der Waals surface area contributed by atoms with Crippen LogP contribution in [0.4, 0.5) is 17.1 Å². The topological polar surface area (TPSA) is 71.1 Å². The fourth-order valence-electron chi connectivity index (χ4n) is 2.76. The Hall–Kier alpha value is -3.47. The van der Waals surface area contributed by atoms with Gasteiger partial charge in [0.25, 0.3) is 5.91 Å². The molecule has 0 radical (unpaired) electrons. The molecule has 2 aromatic carbocycles. The number of ketones is 1. The van der Waals surface area contributed by atoms with Crippen LogP contribution < -0.4 is 10.6 Å². The Balaban J connectivity index is 1.72. The minimum Gasteiger partial charge on any atom is -0.355 e. The van der Waals surface area contributed by atoms with Gasteiger partial charge in [0.1, 0.15) is 5.69 Å². The summed E-state index contributed by atoms with van der Waals surface area (Å²) in [5.74, 6) is 0.163. The van der Waals surface area contributed by atoms with Gasteiger partial charge in [-0.05, 0) is 54.8 Å². The van der Waals surface area contributed by atoms with Gasteiger partial charge in [-0.15, -0.1) is 0 Å². The summed E-state index contributed by atoms with van der Waals surface area (Å²) in [6, 6.07) is 18.5. The molecule has 3 rings (SSSR count). The number of pyridine rings is 1. The lowest BCUT2D eigenvalue weighted by atomic mass is 10.0. The number of carbonyl (C=O) groups is 2. The van der Waals surface area contributed by atoms with Crippen molar-refractivity contribution >= 4 is 28.8 Å². The first kappa shape index (κ1) is 19.3. The molecule has 5 nitrogen and oxygen atoms in total. The Labute approximate surface area is 164 Å². The van der Waals surface area contributed by atoms with Crippen molar-refractivity contribution in [3.8, 4) is 0 Å². The maximum absolute atomic E-state index is 12.5. The number of carbonyl (C=O) groups excluding carboxylic acids is 2. The number of nitrogens with zero attached hydrogens (tertiary/aromatic N) is 1. The molecule has 5 heteroatoms. The highest BCUT2D eigenvalue weighted by atomic mass is 16.2. The lowest BCUT2D eigenvalue weighted by Gasteiger charge is -2.10. The van der Waals surface area contributed by atoms with Crippen molar-refractivity contribution in [2.24, 2.45) is 0 Å². The van der Waals surface area contributed by atoms with Gasteiger partial charge in [-0.25, -0.2) is 0 Å². The number of anilines is 3. The van der Waals surface area contributed by atoms with Crippen molar-refractivity contribution in [2.45, 2.75) is 26.7 Å². The molecule has 0 unspecified atom stereocenters. The zero-order chi connectivity index (χ0) is 20.1. The first-order valence-corrected chi connectivity index (χ1v) is 9.18. The second-order valence-corrected chi connectivity index (χ2v) is 6.92. The van der Waals surface area contributed by atoms with E-state index in [1.807, 2.05) is 36.4 Å². The molecule has 0 spiro atoms. The van der Waals surface area contributed by atoms with Crippen LogP contribution in [0.5, 0.6) is 0 Å². The van der Waals surface area contributed by atoms with Gasteiger partial charge in [0.2, 0.25) is 0 Å². The Morgan fingerprint density at radius 1 is 0.893 bits per heavy atom. The van der Waals surface area contributed by atoms with E-state index in [0.717, 1.165) is 17.1 Å². The van der Waals surface area contributed by atoms with Crippen LogP contribution in [-0.2, 0) is 0 Å². The van der Waals surface area contributed by atoms with Crippen molar-refractivity contribution in [1.82, 2.24) is 4.98 Å². The van der Waals surface area contributed by atoms with Crippen molar-refractivity contribution in [1.29, 1.82) is 0 Å². The van der Waals surface area contributed by atoms with Gasteiger partial charge in [-0.2, -0.15) is 0 Å². The fourth-order valence-corrected chi connectivity index (χ4v) is 2.76. The molecule has 142 valence electrons. The minimum absolute atomic E-state index is 0.00179. The van der Waals surface area contributed by atoms with Gasteiger partial charge in [0.05, 0.1) is 0 Å². The first-order chi connectivity index (χ1) is 13.4.